The zero-order valence-electron chi connectivity index (χ0n) is 9.09. The quantitative estimate of drug-likeness (QED) is 0.589. The molecule has 2 nitrogen and oxygen atoms in total. The van der Waals surface area contributed by atoms with E-state index in [2.05, 4.69) is 11.8 Å². The number of ether oxygens (including phenoxy) is 1. The van der Waals surface area contributed by atoms with Crippen LogP contribution in [0.4, 0.5) is 0 Å². The van der Waals surface area contributed by atoms with Gasteiger partial charge in [0.05, 0.1) is 6.10 Å². The van der Waals surface area contributed by atoms with Gasteiger partial charge in [-0.15, -0.1) is 0 Å². The number of nitrogens with zero attached hydrogens (tertiary/aromatic N) is 1. The van der Waals surface area contributed by atoms with Crippen molar-refractivity contribution in [2.75, 3.05) is 26.7 Å². The van der Waals surface area contributed by atoms with Crippen LogP contribution in [-0.4, -0.2) is 37.7 Å². The summed E-state index contributed by atoms with van der Waals surface area (Å²) in [6, 6.07) is 0. The maximum absolute atomic E-state index is 5.33. The Balaban J connectivity index is 1.97. The monoisotopic (exact) mass is 185 g/mol. The third kappa shape index (κ3) is 4.10. The number of hydrogen-bond donors (Lipinski definition) is 0. The molecule has 1 atom stereocenters. The highest BCUT2D eigenvalue weighted by atomic mass is 16.5. The highest BCUT2D eigenvalue weighted by Gasteiger charge is 2.20. The number of methoxy groups -OCH3 is 1. The highest BCUT2D eigenvalue weighted by Crippen LogP contribution is 2.12. The summed E-state index contributed by atoms with van der Waals surface area (Å²) in [6.07, 6.45) is 7.22. The lowest BCUT2D eigenvalue weighted by Gasteiger charge is -2.14. The van der Waals surface area contributed by atoms with Gasteiger partial charge in [0.15, 0.2) is 0 Å². The van der Waals surface area contributed by atoms with Gasteiger partial charge in [0.25, 0.3) is 0 Å². The Morgan fingerprint density at radius 3 is 2.77 bits per heavy atom. The van der Waals surface area contributed by atoms with E-state index in [4.69, 9.17) is 4.74 Å². The molecular weight excluding hydrogens is 162 g/mol. The summed E-state index contributed by atoms with van der Waals surface area (Å²) in [5.74, 6) is 0. The van der Waals surface area contributed by atoms with Crippen molar-refractivity contribution < 1.29 is 4.74 Å². The first-order chi connectivity index (χ1) is 6.36. The zero-order chi connectivity index (χ0) is 9.52. The summed E-state index contributed by atoms with van der Waals surface area (Å²) >= 11 is 0. The Morgan fingerprint density at radius 1 is 1.31 bits per heavy atom. The molecule has 1 heterocycles. The van der Waals surface area contributed by atoms with Gasteiger partial charge >= 0.3 is 0 Å². The van der Waals surface area contributed by atoms with E-state index in [1.807, 2.05) is 7.11 Å². The van der Waals surface area contributed by atoms with E-state index in [0.29, 0.717) is 6.10 Å². The van der Waals surface area contributed by atoms with Gasteiger partial charge in [0.2, 0.25) is 0 Å². The second-order valence-corrected chi connectivity index (χ2v) is 4.01. The Bertz CT molecular complexity index is 127. The van der Waals surface area contributed by atoms with Crippen molar-refractivity contribution in [1.82, 2.24) is 4.90 Å². The summed E-state index contributed by atoms with van der Waals surface area (Å²) in [4.78, 5) is 2.53. The molecule has 0 unspecified atom stereocenters. The second kappa shape index (κ2) is 6.39. The van der Waals surface area contributed by atoms with Gasteiger partial charge in [-0.3, -0.25) is 0 Å². The van der Waals surface area contributed by atoms with Crippen molar-refractivity contribution in [3.63, 3.8) is 0 Å². The molecule has 13 heavy (non-hydrogen) atoms. The molecule has 0 N–H and O–H groups in total. The second-order valence-electron chi connectivity index (χ2n) is 4.01. The summed E-state index contributed by atoms with van der Waals surface area (Å²) in [5, 5.41) is 0. The van der Waals surface area contributed by atoms with E-state index in [-0.39, 0.29) is 0 Å². The molecule has 0 spiro atoms. The average Bonchev–Trinajstić information content (AvgIpc) is 2.60. The van der Waals surface area contributed by atoms with Gasteiger partial charge in [0, 0.05) is 20.2 Å². The molecule has 0 aromatic rings. The normalized spacial score (nSPS) is 24.0. The minimum atomic E-state index is 0.506. The Labute approximate surface area is 82.3 Å². The van der Waals surface area contributed by atoms with Crippen LogP contribution in [0.2, 0.25) is 0 Å². The average molecular weight is 185 g/mol. The fourth-order valence-electron chi connectivity index (χ4n) is 1.95. The van der Waals surface area contributed by atoms with Crippen LogP contribution in [0, 0.1) is 0 Å². The SMILES string of the molecule is CCCCCCN1CC[C@H](OC)C1. The molecule has 1 rings (SSSR count). The van der Waals surface area contributed by atoms with Crippen LogP contribution < -0.4 is 0 Å². The maximum Gasteiger partial charge on any atom is 0.0710 e. The minimum Gasteiger partial charge on any atom is -0.380 e. The third-order valence-electron chi connectivity index (χ3n) is 2.89. The van der Waals surface area contributed by atoms with Gasteiger partial charge < -0.3 is 9.64 Å². The van der Waals surface area contributed by atoms with Gasteiger partial charge in [-0.1, -0.05) is 26.2 Å². The van der Waals surface area contributed by atoms with Crippen molar-refractivity contribution in [2.24, 2.45) is 0 Å². The van der Waals surface area contributed by atoms with Crippen molar-refractivity contribution >= 4 is 0 Å². The molecular formula is C11H23NO. The molecule has 0 radical (unpaired) electrons. The van der Waals surface area contributed by atoms with Gasteiger partial charge in [-0.05, 0) is 19.4 Å². The first-order valence-electron chi connectivity index (χ1n) is 5.62. The molecule has 0 amide bonds. The molecule has 0 saturated carbocycles. The number of likely N-dealkylation sites (tertiary alicyclic amines) is 1. The Kier molecular flexibility index (Phi) is 5.40. The molecule has 78 valence electrons. The van der Waals surface area contributed by atoms with Crippen molar-refractivity contribution in [1.29, 1.82) is 0 Å². The lowest BCUT2D eigenvalue weighted by Crippen LogP contribution is -2.23. The molecule has 1 fully saturated rings. The van der Waals surface area contributed by atoms with Gasteiger partial charge in [-0.2, -0.15) is 0 Å². The summed E-state index contributed by atoms with van der Waals surface area (Å²) in [7, 11) is 1.82. The highest BCUT2D eigenvalue weighted by molar-refractivity contribution is 4.75. The first-order valence-corrected chi connectivity index (χ1v) is 5.62. The first kappa shape index (κ1) is 11.0. The van der Waals surface area contributed by atoms with Crippen LogP contribution in [0.1, 0.15) is 39.0 Å². The smallest absolute Gasteiger partial charge is 0.0710 e. The Hall–Kier alpha value is -0.0800. The summed E-state index contributed by atoms with van der Waals surface area (Å²) in [6.45, 7) is 5.93. The molecule has 1 saturated heterocycles. The summed E-state index contributed by atoms with van der Waals surface area (Å²) in [5.41, 5.74) is 0. The van der Waals surface area contributed by atoms with Crippen LogP contribution in [0.3, 0.4) is 0 Å². The van der Waals surface area contributed by atoms with Gasteiger partial charge in [0.1, 0.15) is 0 Å². The largest absolute Gasteiger partial charge is 0.380 e. The summed E-state index contributed by atoms with van der Waals surface area (Å²) < 4.78 is 5.33. The van der Waals surface area contributed by atoms with Gasteiger partial charge in [-0.25, -0.2) is 0 Å². The molecule has 0 aliphatic carbocycles. The predicted molar refractivity (Wildman–Crippen MR) is 56.0 cm³/mol. The lowest BCUT2D eigenvalue weighted by atomic mass is 10.2. The van der Waals surface area contributed by atoms with Crippen molar-refractivity contribution in [2.45, 2.75) is 45.1 Å². The molecule has 0 bridgehead atoms. The van der Waals surface area contributed by atoms with E-state index < -0.39 is 0 Å². The standard InChI is InChI=1S/C11H23NO/c1-3-4-5-6-8-12-9-7-11(10-12)13-2/h11H,3-10H2,1-2H3/t11-/m0/s1. The van der Waals surface area contributed by atoms with Crippen LogP contribution >= 0.6 is 0 Å². The molecule has 0 aromatic heterocycles. The number of hydrogen-bond acceptors (Lipinski definition) is 2. The van der Waals surface area contributed by atoms with Crippen molar-refractivity contribution in [3.05, 3.63) is 0 Å². The van der Waals surface area contributed by atoms with Crippen LogP contribution in [0.15, 0.2) is 0 Å². The fourth-order valence-corrected chi connectivity index (χ4v) is 1.95. The van der Waals surface area contributed by atoms with Crippen LogP contribution in [-0.2, 0) is 4.74 Å². The molecule has 1 aliphatic rings. The lowest BCUT2D eigenvalue weighted by molar-refractivity contribution is 0.108. The Morgan fingerprint density at radius 2 is 2.15 bits per heavy atom. The number of rotatable bonds is 6. The predicted octanol–water partition coefficient (Wildman–Crippen LogP) is 2.29. The minimum absolute atomic E-state index is 0.506. The zero-order valence-corrected chi connectivity index (χ0v) is 9.09. The topological polar surface area (TPSA) is 12.5 Å². The van der Waals surface area contributed by atoms with E-state index >= 15 is 0 Å². The molecule has 0 aromatic carbocycles. The van der Waals surface area contributed by atoms with E-state index in [1.54, 1.807) is 0 Å². The fraction of sp³-hybridized carbons (Fsp3) is 1.00. The van der Waals surface area contributed by atoms with Crippen LogP contribution in [0.5, 0.6) is 0 Å². The van der Waals surface area contributed by atoms with E-state index in [1.165, 1.54) is 45.2 Å². The third-order valence-corrected chi connectivity index (χ3v) is 2.89. The van der Waals surface area contributed by atoms with E-state index in [0.717, 1.165) is 6.54 Å². The number of unbranched alkanes of at least 4 members (excludes halogenated alkanes) is 3. The molecule has 2 heteroatoms. The maximum atomic E-state index is 5.33. The van der Waals surface area contributed by atoms with Crippen LogP contribution in [0.25, 0.3) is 0 Å². The van der Waals surface area contributed by atoms with Crippen molar-refractivity contribution in [3.8, 4) is 0 Å². The van der Waals surface area contributed by atoms with E-state index in [9.17, 15) is 0 Å². The molecule has 1 aliphatic heterocycles.